The van der Waals surface area contributed by atoms with Gasteiger partial charge in [0, 0.05) is 7.05 Å². The van der Waals surface area contributed by atoms with Crippen molar-refractivity contribution in [2.75, 3.05) is 7.05 Å². The third kappa shape index (κ3) is 2.52. The quantitative estimate of drug-likeness (QED) is 0.532. The average molecular weight is 122 g/mol. The number of halogens is 2. The van der Waals surface area contributed by atoms with Crippen LogP contribution >= 0.6 is 0 Å². The molecule has 0 bridgehead atoms. The zero-order chi connectivity index (χ0) is 6.57. The van der Waals surface area contributed by atoms with Crippen molar-refractivity contribution in [2.45, 2.75) is 6.43 Å². The van der Waals surface area contributed by atoms with Crippen LogP contribution < -0.4 is 10.9 Å². The van der Waals surface area contributed by atoms with Gasteiger partial charge in [0.1, 0.15) is 0 Å². The lowest BCUT2D eigenvalue weighted by Gasteiger charge is -2.04. The minimum atomic E-state index is -2.50. The first-order valence-corrected chi connectivity index (χ1v) is 2.08. The number of nitrogens with one attached hydrogen (secondary N) is 2. The summed E-state index contributed by atoms with van der Waals surface area (Å²) in [5, 5.41) is 0. The highest BCUT2D eigenvalue weighted by molar-refractivity contribution is 4.91. The number of rotatable bonds is 3. The van der Waals surface area contributed by atoms with Crippen molar-refractivity contribution < 1.29 is 8.78 Å². The van der Waals surface area contributed by atoms with Crippen molar-refractivity contribution in [3.63, 3.8) is 0 Å². The highest BCUT2D eigenvalue weighted by atomic mass is 19.3. The lowest BCUT2D eigenvalue weighted by molar-refractivity contribution is 0.178. The third-order valence-electron chi connectivity index (χ3n) is 0.549. The van der Waals surface area contributed by atoms with E-state index in [0.717, 1.165) is 0 Å². The van der Waals surface area contributed by atoms with Crippen molar-refractivity contribution in [2.24, 2.45) is 0 Å². The summed E-state index contributed by atoms with van der Waals surface area (Å²) in [5.41, 5.74) is 4.16. The molecule has 0 aromatic heterocycles. The first-order chi connectivity index (χ1) is 3.68. The molecule has 0 atom stereocenters. The van der Waals surface area contributed by atoms with E-state index in [1.165, 1.54) is 7.05 Å². The van der Waals surface area contributed by atoms with Crippen LogP contribution in [0.5, 0.6) is 0 Å². The summed E-state index contributed by atoms with van der Waals surface area (Å²) >= 11 is 0. The zero-order valence-corrected chi connectivity index (χ0v) is 4.54. The molecule has 2 N–H and O–H groups in total. The van der Waals surface area contributed by atoms with E-state index >= 15 is 0 Å². The molecule has 2 nitrogen and oxygen atoms in total. The number of hydrogen-bond acceptors (Lipinski definition) is 2. The average Bonchev–Trinajstić information content (AvgIpc) is 1.67. The highest BCUT2D eigenvalue weighted by Gasteiger charge is 2.04. The Labute approximate surface area is 46.5 Å². The standard InChI is InChI=1S/C4H8F2N2/c1-3(4(5)6)8-7-2/h4,7-8H,1H2,2H3. The van der Waals surface area contributed by atoms with E-state index < -0.39 is 6.43 Å². The molecule has 0 aliphatic heterocycles. The predicted molar refractivity (Wildman–Crippen MR) is 27.3 cm³/mol. The Bertz CT molecular complexity index is 82.1. The molecule has 0 radical (unpaired) electrons. The molecule has 4 heteroatoms. The van der Waals surface area contributed by atoms with E-state index in [-0.39, 0.29) is 5.70 Å². The van der Waals surface area contributed by atoms with Gasteiger partial charge in [-0.1, -0.05) is 6.58 Å². The van der Waals surface area contributed by atoms with Crippen molar-refractivity contribution in [3.05, 3.63) is 12.3 Å². The van der Waals surface area contributed by atoms with Gasteiger partial charge in [-0.05, 0) is 0 Å². The second-order valence-electron chi connectivity index (χ2n) is 1.20. The maximum absolute atomic E-state index is 11.4. The minimum Gasteiger partial charge on any atom is -0.321 e. The Balaban J connectivity index is 3.33. The molecule has 0 saturated carbocycles. The van der Waals surface area contributed by atoms with E-state index in [0.29, 0.717) is 0 Å². The van der Waals surface area contributed by atoms with Gasteiger partial charge in [0.2, 0.25) is 0 Å². The summed E-state index contributed by atoms with van der Waals surface area (Å²) in [4.78, 5) is 0. The summed E-state index contributed by atoms with van der Waals surface area (Å²) in [6, 6.07) is 0. The van der Waals surface area contributed by atoms with Crippen LogP contribution in [0.4, 0.5) is 8.78 Å². The SMILES string of the molecule is C=C(NNC)C(F)F. The number of alkyl halides is 2. The van der Waals surface area contributed by atoms with Crippen LogP contribution in [0.15, 0.2) is 12.3 Å². The molecule has 0 unspecified atom stereocenters. The summed E-state index contributed by atoms with van der Waals surface area (Å²) in [7, 11) is 1.49. The zero-order valence-electron chi connectivity index (χ0n) is 4.54. The van der Waals surface area contributed by atoms with Gasteiger partial charge in [-0.3, -0.25) is 0 Å². The summed E-state index contributed by atoms with van der Waals surface area (Å²) in [6.45, 7) is 3.02. The maximum atomic E-state index is 11.4. The van der Waals surface area contributed by atoms with Gasteiger partial charge < -0.3 is 5.43 Å². The molecule has 0 aromatic carbocycles. The largest absolute Gasteiger partial charge is 0.321 e. The normalized spacial score (nSPS) is 9.50. The molecule has 0 saturated heterocycles. The fourth-order valence-electron chi connectivity index (χ4n) is 0.215. The first kappa shape index (κ1) is 7.36. The Hall–Kier alpha value is -0.640. The molecule has 48 valence electrons. The van der Waals surface area contributed by atoms with Crippen molar-refractivity contribution >= 4 is 0 Å². The number of hydrogen-bond donors (Lipinski definition) is 2. The smallest absolute Gasteiger partial charge is 0.278 e. The molecular formula is C4H8F2N2. The monoisotopic (exact) mass is 122 g/mol. The van der Waals surface area contributed by atoms with E-state index in [2.05, 4.69) is 17.4 Å². The lowest BCUT2D eigenvalue weighted by atomic mass is 10.5. The first-order valence-electron chi connectivity index (χ1n) is 2.08. The summed E-state index contributed by atoms with van der Waals surface area (Å²) in [6.07, 6.45) is -2.50. The van der Waals surface area contributed by atoms with Gasteiger partial charge in [0.25, 0.3) is 6.43 Å². The molecule has 0 rings (SSSR count). The van der Waals surface area contributed by atoms with Gasteiger partial charge in [-0.25, -0.2) is 14.2 Å². The maximum Gasteiger partial charge on any atom is 0.278 e. The van der Waals surface area contributed by atoms with E-state index in [1.807, 2.05) is 0 Å². The van der Waals surface area contributed by atoms with Crippen LogP contribution in [0.1, 0.15) is 0 Å². The van der Waals surface area contributed by atoms with Crippen LogP contribution in [0.25, 0.3) is 0 Å². The number of hydrazine groups is 1. The van der Waals surface area contributed by atoms with Crippen LogP contribution in [-0.2, 0) is 0 Å². The molecule has 0 heterocycles. The second-order valence-corrected chi connectivity index (χ2v) is 1.20. The third-order valence-corrected chi connectivity index (χ3v) is 0.549. The summed E-state index contributed by atoms with van der Waals surface area (Å²) in [5.74, 6) is 0. The molecule has 0 fully saturated rings. The molecule has 0 aromatic rings. The van der Waals surface area contributed by atoms with Crippen LogP contribution in [0.2, 0.25) is 0 Å². The van der Waals surface area contributed by atoms with Crippen LogP contribution in [-0.4, -0.2) is 13.5 Å². The summed E-state index contributed by atoms with van der Waals surface area (Å²) < 4.78 is 22.8. The van der Waals surface area contributed by atoms with E-state index in [4.69, 9.17) is 0 Å². The van der Waals surface area contributed by atoms with Gasteiger partial charge in [-0.2, -0.15) is 0 Å². The van der Waals surface area contributed by atoms with Gasteiger partial charge >= 0.3 is 0 Å². The van der Waals surface area contributed by atoms with Crippen molar-refractivity contribution in [3.8, 4) is 0 Å². The van der Waals surface area contributed by atoms with E-state index in [1.54, 1.807) is 0 Å². The molecule has 0 aliphatic carbocycles. The Morgan fingerprint density at radius 1 is 1.62 bits per heavy atom. The predicted octanol–water partition coefficient (Wildman–Crippen LogP) is 0.489. The van der Waals surface area contributed by atoms with Gasteiger partial charge in [0.15, 0.2) is 0 Å². The molecule has 0 spiro atoms. The molecular weight excluding hydrogens is 114 g/mol. The van der Waals surface area contributed by atoms with Crippen LogP contribution in [0.3, 0.4) is 0 Å². The fourth-order valence-corrected chi connectivity index (χ4v) is 0.215. The van der Waals surface area contributed by atoms with Gasteiger partial charge in [-0.15, -0.1) is 0 Å². The van der Waals surface area contributed by atoms with Crippen LogP contribution in [0, 0.1) is 0 Å². The van der Waals surface area contributed by atoms with Crippen molar-refractivity contribution in [1.82, 2.24) is 10.9 Å². The molecule has 0 aliphatic rings. The number of allylic oxidation sites excluding steroid dienone is 1. The van der Waals surface area contributed by atoms with Crippen molar-refractivity contribution in [1.29, 1.82) is 0 Å². The Morgan fingerprint density at radius 3 is 2.25 bits per heavy atom. The van der Waals surface area contributed by atoms with Gasteiger partial charge in [0.05, 0.1) is 5.70 Å². The lowest BCUT2D eigenvalue weighted by Crippen LogP contribution is -2.29. The fraction of sp³-hybridized carbons (Fsp3) is 0.500. The Kier molecular flexibility index (Phi) is 3.10. The molecule has 0 amide bonds. The Morgan fingerprint density at radius 2 is 2.12 bits per heavy atom. The topological polar surface area (TPSA) is 24.1 Å². The van der Waals surface area contributed by atoms with E-state index in [9.17, 15) is 8.78 Å². The minimum absolute atomic E-state index is 0.312. The molecule has 8 heavy (non-hydrogen) atoms. The second kappa shape index (κ2) is 3.37. The highest BCUT2D eigenvalue weighted by Crippen LogP contribution is 1.98.